The van der Waals surface area contributed by atoms with E-state index >= 15 is 0 Å². The summed E-state index contributed by atoms with van der Waals surface area (Å²) in [4.78, 5) is 0. The second kappa shape index (κ2) is 10.9. The molecule has 5 nitrogen and oxygen atoms in total. The first kappa shape index (κ1) is 29.3. The van der Waals surface area contributed by atoms with Gasteiger partial charge in [0.1, 0.15) is 28.7 Å². The smallest absolute Gasteiger partial charge is 0.137 e. The van der Waals surface area contributed by atoms with Crippen molar-refractivity contribution in [3.8, 4) is 34.3 Å². The zero-order valence-electron chi connectivity index (χ0n) is 29.0. The van der Waals surface area contributed by atoms with Crippen LogP contribution in [0.3, 0.4) is 0 Å². The average Bonchev–Trinajstić information content (AvgIpc) is 3.96. The Hall–Kier alpha value is -7.29. The molecule has 2 aliphatic rings. The van der Waals surface area contributed by atoms with Gasteiger partial charge in [-0.25, -0.2) is 0 Å². The van der Waals surface area contributed by atoms with Crippen molar-refractivity contribution in [2.75, 3.05) is 0 Å². The van der Waals surface area contributed by atoms with E-state index in [4.69, 9.17) is 9.15 Å². The lowest BCUT2D eigenvalue weighted by Gasteiger charge is -2.20. The van der Waals surface area contributed by atoms with Crippen LogP contribution >= 0.6 is 0 Å². The third-order valence-corrected chi connectivity index (χ3v) is 11.6. The van der Waals surface area contributed by atoms with Crippen LogP contribution in [0.5, 0.6) is 5.75 Å². The van der Waals surface area contributed by atoms with Gasteiger partial charge in [-0.3, -0.25) is 0 Å². The number of allylic oxidation sites excluding steroid dienone is 1. The second-order valence-electron chi connectivity index (χ2n) is 14.3. The van der Waals surface area contributed by atoms with Crippen LogP contribution in [0.2, 0.25) is 0 Å². The molecule has 10 aromatic rings. The van der Waals surface area contributed by atoms with Gasteiger partial charge in [-0.05, 0) is 66.1 Å². The van der Waals surface area contributed by atoms with Crippen LogP contribution in [-0.2, 0) is 6.42 Å². The van der Waals surface area contributed by atoms with E-state index in [9.17, 15) is 5.26 Å². The van der Waals surface area contributed by atoms with Gasteiger partial charge in [-0.15, -0.1) is 0 Å². The van der Waals surface area contributed by atoms with Crippen LogP contribution in [-0.4, -0.2) is 9.13 Å². The van der Waals surface area contributed by atoms with Crippen molar-refractivity contribution in [1.29, 1.82) is 5.26 Å². The molecule has 252 valence electrons. The minimum Gasteiger partial charge on any atom is -0.461 e. The highest BCUT2D eigenvalue weighted by Crippen LogP contribution is 2.49. The molecule has 12 rings (SSSR count). The molecular formula is C49H29N3O2. The fourth-order valence-corrected chi connectivity index (χ4v) is 9.19. The topological polar surface area (TPSA) is 56.0 Å². The summed E-state index contributed by atoms with van der Waals surface area (Å²) in [6.07, 6.45) is 3.03. The fourth-order valence-electron chi connectivity index (χ4n) is 9.19. The zero-order chi connectivity index (χ0) is 35.5. The molecule has 1 atom stereocenters. The van der Waals surface area contributed by atoms with Crippen molar-refractivity contribution in [3.63, 3.8) is 0 Å². The minimum atomic E-state index is 0.186. The van der Waals surface area contributed by atoms with Crippen molar-refractivity contribution < 1.29 is 9.15 Å². The molecular weight excluding hydrogens is 663 g/mol. The van der Waals surface area contributed by atoms with Crippen molar-refractivity contribution in [2.24, 2.45) is 0 Å². The number of rotatable bonds is 3. The summed E-state index contributed by atoms with van der Waals surface area (Å²) in [7, 11) is 0. The molecule has 1 unspecified atom stereocenters. The monoisotopic (exact) mass is 691 g/mol. The summed E-state index contributed by atoms with van der Waals surface area (Å²) in [5, 5.41) is 16.6. The summed E-state index contributed by atoms with van der Waals surface area (Å²) in [5.41, 5.74) is 13.1. The third-order valence-electron chi connectivity index (χ3n) is 11.6. The number of fused-ring (bicyclic) bond motifs is 12. The highest BCUT2D eigenvalue weighted by Gasteiger charge is 2.35. The van der Waals surface area contributed by atoms with E-state index in [1.54, 1.807) is 0 Å². The molecule has 4 heterocycles. The molecule has 3 aromatic heterocycles. The van der Waals surface area contributed by atoms with Crippen molar-refractivity contribution >= 4 is 60.7 Å². The predicted molar refractivity (Wildman–Crippen MR) is 217 cm³/mol. The Kier molecular flexibility index (Phi) is 5.90. The lowest BCUT2D eigenvalue weighted by molar-refractivity contribution is 0.429. The summed E-state index contributed by atoms with van der Waals surface area (Å²) in [6, 6.07) is 55.5. The average molecular weight is 692 g/mol. The van der Waals surface area contributed by atoms with E-state index < -0.39 is 0 Å². The third kappa shape index (κ3) is 3.97. The first-order valence-corrected chi connectivity index (χ1v) is 18.3. The SMILES string of the molecule is N#Cc1cc(-c2ccccc2-n2c3ccccc3c3cc4c(cc32)oc2ccccc24)ccc1-n1c2c(c3ccccc31)CC1C(=C2)Oc2ccccc21. The van der Waals surface area contributed by atoms with Crippen molar-refractivity contribution in [2.45, 2.75) is 12.3 Å². The molecule has 54 heavy (non-hydrogen) atoms. The first-order valence-electron chi connectivity index (χ1n) is 18.3. The molecule has 0 N–H and O–H groups in total. The number of para-hydroxylation sites is 5. The zero-order valence-corrected chi connectivity index (χ0v) is 29.0. The summed E-state index contributed by atoms with van der Waals surface area (Å²) >= 11 is 0. The van der Waals surface area contributed by atoms with Gasteiger partial charge in [0.05, 0.1) is 45.1 Å². The molecule has 0 amide bonds. The van der Waals surface area contributed by atoms with E-state index in [0.29, 0.717) is 5.56 Å². The molecule has 7 aromatic carbocycles. The van der Waals surface area contributed by atoms with E-state index in [0.717, 1.165) is 84.6 Å². The Morgan fingerprint density at radius 2 is 1.31 bits per heavy atom. The van der Waals surface area contributed by atoms with E-state index in [-0.39, 0.29) is 5.92 Å². The van der Waals surface area contributed by atoms with Crippen LogP contribution in [0.4, 0.5) is 0 Å². The summed E-state index contributed by atoms with van der Waals surface area (Å²) in [6.45, 7) is 0. The van der Waals surface area contributed by atoms with Gasteiger partial charge in [-0.2, -0.15) is 5.26 Å². The quantitative estimate of drug-likeness (QED) is 0.185. The molecule has 0 saturated heterocycles. The molecule has 0 radical (unpaired) electrons. The molecule has 1 aliphatic carbocycles. The van der Waals surface area contributed by atoms with Crippen molar-refractivity contribution in [3.05, 3.63) is 180 Å². The van der Waals surface area contributed by atoms with Gasteiger partial charge in [-0.1, -0.05) is 97.1 Å². The minimum absolute atomic E-state index is 0.186. The van der Waals surface area contributed by atoms with Crippen LogP contribution in [0.25, 0.3) is 83.2 Å². The number of nitriles is 1. The summed E-state index contributed by atoms with van der Waals surface area (Å²) < 4.78 is 17.4. The standard InChI is InChI=1S/C49H29N3O2/c50-28-30-23-29(21-22-40(30)51-42-17-7-2-12-32(42)36-24-38-34-14-4-9-19-46(34)53-48(38)26-44(36)51)31-11-1-6-16-41(31)52-43-18-8-3-13-33(43)37-25-39-35-15-5-10-20-47(35)54-49(39)27-45(37)52/h1-23,25-27,38H,24H2. The predicted octanol–water partition coefficient (Wildman–Crippen LogP) is 12.2. The first-order chi connectivity index (χ1) is 26.7. The van der Waals surface area contributed by atoms with E-state index in [1.807, 2.05) is 24.3 Å². The van der Waals surface area contributed by atoms with E-state index in [1.165, 1.54) is 27.3 Å². The van der Waals surface area contributed by atoms with Gasteiger partial charge in [0.25, 0.3) is 0 Å². The largest absolute Gasteiger partial charge is 0.461 e. The molecule has 0 fully saturated rings. The van der Waals surface area contributed by atoms with Crippen LogP contribution in [0.15, 0.2) is 162 Å². The van der Waals surface area contributed by atoms with Crippen LogP contribution in [0.1, 0.15) is 28.3 Å². The number of hydrogen-bond donors (Lipinski definition) is 0. The molecule has 1 aliphatic heterocycles. The molecule has 0 spiro atoms. The lowest BCUT2D eigenvalue weighted by Crippen LogP contribution is -2.11. The Labute approximate surface area is 309 Å². The van der Waals surface area contributed by atoms with Gasteiger partial charge >= 0.3 is 0 Å². The van der Waals surface area contributed by atoms with Crippen LogP contribution < -0.4 is 4.74 Å². The number of ether oxygens (including phenoxy) is 1. The maximum absolute atomic E-state index is 10.8. The maximum atomic E-state index is 10.8. The fraction of sp³-hybridized carbons (Fsp3) is 0.0408. The number of benzene rings is 7. The van der Waals surface area contributed by atoms with Crippen molar-refractivity contribution in [1.82, 2.24) is 9.13 Å². The van der Waals surface area contributed by atoms with Gasteiger partial charge in [0, 0.05) is 50.2 Å². The highest BCUT2D eigenvalue weighted by atomic mass is 16.5. The number of aromatic nitrogens is 2. The molecule has 0 saturated carbocycles. The number of furan rings is 1. The van der Waals surface area contributed by atoms with Crippen LogP contribution in [0, 0.1) is 11.3 Å². The van der Waals surface area contributed by atoms with Gasteiger partial charge < -0.3 is 18.3 Å². The Morgan fingerprint density at radius 1 is 0.574 bits per heavy atom. The highest BCUT2D eigenvalue weighted by molar-refractivity contribution is 6.17. The number of nitrogens with zero attached hydrogens (tertiary/aromatic N) is 3. The lowest BCUT2D eigenvalue weighted by atomic mass is 9.86. The van der Waals surface area contributed by atoms with Gasteiger partial charge in [0.2, 0.25) is 0 Å². The second-order valence-corrected chi connectivity index (χ2v) is 14.3. The Bertz CT molecular complexity index is 3310. The Balaban J connectivity index is 1.04. The van der Waals surface area contributed by atoms with Gasteiger partial charge in [0.15, 0.2) is 0 Å². The molecule has 0 bridgehead atoms. The summed E-state index contributed by atoms with van der Waals surface area (Å²) in [5.74, 6) is 2.08. The molecule has 5 heteroatoms. The number of hydrogen-bond acceptors (Lipinski definition) is 3. The Morgan fingerprint density at radius 3 is 2.20 bits per heavy atom. The maximum Gasteiger partial charge on any atom is 0.137 e. The normalized spacial score (nSPS) is 14.6. The van der Waals surface area contributed by atoms with E-state index in [2.05, 4.69) is 149 Å².